The van der Waals surface area contributed by atoms with E-state index in [4.69, 9.17) is 9.73 Å². The summed E-state index contributed by atoms with van der Waals surface area (Å²) < 4.78 is 8.79. The van der Waals surface area contributed by atoms with Gasteiger partial charge in [-0.05, 0) is 19.2 Å². The molecule has 0 spiro atoms. The number of para-hydroxylation sites is 1. The monoisotopic (exact) mass is 332 g/mol. The van der Waals surface area contributed by atoms with Gasteiger partial charge in [0.1, 0.15) is 5.75 Å². The lowest BCUT2D eigenvalue weighted by molar-refractivity contribution is -0.0121. The van der Waals surface area contributed by atoms with E-state index in [0.717, 1.165) is 26.8 Å². The maximum Gasteiger partial charge on any atom is 0.270 e. The Balaban J connectivity index is 2.10. The molecule has 2 aliphatic heterocycles. The van der Waals surface area contributed by atoms with Crippen LogP contribution in [0.15, 0.2) is 34.1 Å². The van der Waals surface area contributed by atoms with Crippen molar-refractivity contribution in [3.8, 4) is 5.75 Å². The average Bonchev–Trinajstić information content (AvgIpc) is 2.76. The van der Waals surface area contributed by atoms with Crippen LogP contribution in [0.1, 0.15) is 25.5 Å². The number of hydrogen-bond donors (Lipinski definition) is 0. The van der Waals surface area contributed by atoms with Crippen LogP contribution in [0.4, 0.5) is 0 Å². The van der Waals surface area contributed by atoms with Crippen LogP contribution in [0, 0.1) is 5.92 Å². The second-order valence-corrected chi connectivity index (χ2v) is 7.38. The van der Waals surface area contributed by atoms with Crippen molar-refractivity contribution < 1.29 is 4.74 Å². The van der Waals surface area contributed by atoms with Crippen LogP contribution >= 0.6 is 20.6 Å². The Labute approximate surface area is 134 Å². The molecule has 1 aromatic heterocycles. The zero-order valence-corrected chi connectivity index (χ0v) is 14.4. The van der Waals surface area contributed by atoms with Crippen molar-refractivity contribution >= 4 is 26.7 Å². The fraction of sp³-hybridized carbons (Fsp3) is 0.375. The summed E-state index contributed by atoms with van der Waals surface area (Å²) in [4.78, 5) is 18.3. The number of benzene rings is 1. The third-order valence-corrected chi connectivity index (χ3v) is 5.88. The zero-order valence-electron chi connectivity index (χ0n) is 12.4. The van der Waals surface area contributed by atoms with E-state index in [0.29, 0.717) is 0 Å². The third-order valence-electron chi connectivity index (χ3n) is 4.61. The number of hydrogen-bond acceptors (Lipinski definition) is 4. The number of fused-ring (bicyclic) bond motifs is 6. The Morgan fingerprint density at radius 1 is 1.50 bits per heavy atom. The summed E-state index contributed by atoms with van der Waals surface area (Å²) in [5, 5.41) is 0. The highest BCUT2D eigenvalue weighted by Gasteiger charge is 2.48. The molecule has 4 rings (SSSR count). The van der Waals surface area contributed by atoms with E-state index >= 15 is 0 Å². The smallest absolute Gasteiger partial charge is 0.270 e. The molecule has 4 nitrogen and oxygen atoms in total. The van der Waals surface area contributed by atoms with Crippen LogP contribution in [0.2, 0.25) is 0 Å². The molecule has 0 radical (unpaired) electrons. The molecule has 1 aromatic carbocycles. The molecule has 2 aliphatic rings. The topological polar surface area (TPSA) is 43.6 Å². The number of nitrogens with zero attached hydrogens (tertiary/aromatic N) is 2. The molecule has 2 bridgehead atoms. The number of ether oxygens (including phenoxy) is 1. The van der Waals surface area contributed by atoms with Gasteiger partial charge in [0.15, 0.2) is 4.80 Å². The van der Waals surface area contributed by atoms with Crippen molar-refractivity contribution in [1.82, 2.24) is 4.57 Å². The van der Waals surface area contributed by atoms with Gasteiger partial charge in [0.2, 0.25) is 5.72 Å². The number of rotatable bonds is 1. The summed E-state index contributed by atoms with van der Waals surface area (Å²) in [7, 11) is 2.63. The molecule has 0 saturated heterocycles. The lowest BCUT2D eigenvalue weighted by Gasteiger charge is -2.45. The molecule has 114 valence electrons. The SMILES string of the molecule is CC1C2c3ccccc3OC1(C)N=c1s/c(=C/CP)c(=O)n12. The highest BCUT2D eigenvalue weighted by atomic mass is 32.1. The van der Waals surface area contributed by atoms with Gasteiger partial charge in [-0.15, -0.1) is 9.24 Å². The van der Waals surface area contributed by atoms with E-state index in [9.17, 15) is 4.79 Å². The standard InChI is InChI=1S/C16H17N2O2PS/c1-9-13-10-5-3-4-6-11(10)20-16(9,2)17-15-18(13)14(19)12(22-15)7-8-21/h3-7,9,13H,8,21H2,1-2H3/b12-7+. The van der Waals surface area contributed by atoms with Crippen molar-refractivity contribution in [3.63, 3.8) is 0 Å². The highest BCUT2D eigenvalue weighted by molar-refractivity contribution is 7.17. The van der Waals surface area contributed by atoms with Crippen molar-refractivity contribution in [2.45, 2.75) is 25.6 Å². The summed E-state index contributed by atoms with van der Waals surface area (Å²) >= 11 is 1.45. The van der Waals surface area contributed by atoms with Gasteiger partial charge in [0.05, 0.1) is 10.6 Å². The molecule has 0 amide bonds. The summed E-state index contributed by atoms with van der Waals surface area (Å²) in [6, 6.07) is 7.95. The Morgan fingerprint density at radius 2 is 2.27 bits per heavy atom. The predicted octanol–water partition coefficient (Wildman–Crippen LogP) is 1.53. The second-order valence-electron chi connectivity index (χ2n) is 5.90. The van der Waals surface area contributed by atoms with Crippen molar-refractivity contribution in [2.75, 3.05) is 6.16 Å². The van der Waals surface area contributed by atoms with Gasteiger partial charge in [0.25, 0.3) is 5.56 Å². The fourth-order valence-corrected chi connectivity index (χ4v) is 4.82. The number of aromatic nitrogens is 1. The summed E-state index contributed by atoms with van der Waals surface area (Å²) in [5.74, 6) is 0.934. The minimum absolute atomic E-state index is 0.0159. The molecule has 0 N–H and O–H groups in total. The normalized spacial score (nSPS) is 29.3. The van der Waals surface area contributed by atoms with E-state index in [-0.39, 0.29) is 17.5 Å². The lowest BCUT2D eigenvalue weighted by Crippen LogP contribution is -2.54. The van der Waals surface area contributed by atoms with Crippen LogP contribution in [0.3, 0.4) is 0 Å². The van der Waals surface area contributed by atoms with E-state index in [1.54, 1.807) is 0 Å². The molecule has 22 heavy (non-hydrogen) atoms. The molecule has 4 atom stereocenters. The molecule has 4 unspecified atom stereocenters. The first-order valence-electron chi connectivity index (χ1n) is 7.34. The second kappa shape index (κ2) is 4.77. The third kappa shape index (κ3) is 1.79. The first kappa shape index (κ1) is 14.2. The van der Waals surface area contributed by atoms with E-state index in [2.05, 4.69) is 16.2 Å². The van der Waals surface area contributed by atoms with Gasteiger partial charge < -0.3 is 4.74 Å². The molecule has 0 aliphatic carbocycles. The van der Waals surface area contributed by atoms with Gasteiger partial charge in [0, 0.05) is 11.5 Å². The Hall–Kier alpha value is -1.45. The van der Waals surface area contributed by atoms with E-state index in [1.807, 2.05) is 41.8 Å². The van der Waals surface area contributed by atoms with Crippen molar-refractivity contribution in [1.29, 1.82) is 0 Å². The van der Waals surface area contributed by atoms with E-state index in [1.165, 1.54) is 11.3 Å². The Bertz CT molecular complexity index is 932. The number of thiazole rings is 1. The quantitative estimate of drug-likeness (QED) is 0.744. The molecule has 2 aromatic rings. The largest absolute Gasteiger partial charge is 0.466 e. The molecule has 0 saturated carbocycles. The van der Waals surface area contributed by atoms with Gasteiger partial charge in [-0.1, -0.05) is 42.5 Å². The first-order valence-corrected chi connectivity index (χ1v) is 8.98. The molecular weight excluding hydrogens is 315 g/mol. The predicted molar refractivity (Wildman–Crippen MR) is 91.2 cm³/mol. The molecule has 3 heterocycles. The van der Waals surface area contributed by atoms with Gasteiger partial charge in [-0.3, -0.25) is 9.36 Å². The molecule has 6 heteroatoms. The first-order chi connectivity index (χ1) is 10.5. The minimum atomic E-state index is -0.617. The average molecular weight is 332 g/mol. The maximum absolute atomic E-state index is 12.8. The van der Waals surface area contributed by atoms with Gasteiger partial charge in [-0.2, -0.15) is 0 Å². The highest BCUT2D eigenvalue weighted by Crippen LogP contribution is 2.46. The molecular formula is C16H17N2O2PS. The van der Waals surface area contributed by atoms with E-state index < -0.39 is 5.72 Å². The summed E-state index contributed by atoms with van der Waals surface area (Å²) in [6.45, 7) is 4.11. The van der Waals surface area contributed by atoms with Crippen LogP contribution in [0.25, 0.3) is 6.08 Å². The van der Waals surface area contributed by atoms with Crippen LogP contribution < -0.4 is 19.6 Å². The Kier molecular flexibility index (Phi) is 3.07. The summed E-state index contributed by atoms with van der Waals surface area (Å²) in [5.41, 5.74) is 0.511. The molecule has 0 fully saturated rings. The Morgan fingerprint density at radius 3 is 3.05 bits per heavy atom. The summed E-state index contributed by atoms with van der Waals surface area (Å²) in [6.07, 6.45) is 2.71. The van der Waals surface area contributed by atoms with Crippen LogP contribution in [-0.2, 0) is 0 Å². The lowest BCUT2D eigenvalue weighted by atomic mass is 9.83. The van der Waals surface area contributed by atoms with Gasteiger partial charge in [-0.25, -0.2) is 4.99 Å². The van der Waals surface area contributed by atoms with Gasteiger partial charge >= 0.3 is 0 Å². The van der Waals surface area contributed by atoms with Crippen LogP contribution in [-0.4, -0.2) is 16.5 Å². The maximum atomic E-state index is 12.8. The van der Waals surface area contributed by atoms with Crippen molar-refractivity contribution in [3.05, 3.63) is 49.5 Å². The fourth-order valence-electron chi connectivity index (χ4n) is 3.33. The van der Waals surface area contributed by atoms with Crippen LogP contribution in [0.5, 0.6) is 5.75 Å². The minimum Gasteiger partial charge on any atom is -0.466 e. The zero-order chi connectivity index (χ0) is 15.5. The van der Waals surface area contributed by atoms with Crippen molar-refractivity contribution in [2.24, 2.45) is 10.9 Å².